The molecule has 1 amide bonds. The fourth-order valence-electron chi connectivity index (χ4n) is 2.57. The van der Waals surface area contributed by atoms with E-state index >= 15 is 0 Å². The highest BCUT2D eigenvalue weighted by Gasteiger charge is 2.29. The maximum Gasteiger partial charge on any atom is 0.258 e. The lowest BCUT2D eigenvalue weighted by atomic mass is 10.1. The van der Waals surface area contributed by atoms with E-state index in [9.17, 15) is 4.79 Å². The molecule has 1 aromatic rings. The highest BCUT2D eigenvalue weighted by molar-refractivity contribution is 6.32. The summed E-state index contributed by atoms with van der Waals surface area (Å²) in [6.07, 6.45) is 2.15. The van der Waals surface area contributed by atoms with Gasteiger partial charge in [-0.2, -0.15) is 0 Å². The smallest absolute Gasteiger partial charge is 0.258 e. The Morgan fingerprint density at radius 3 is 2.67 bits per heavy atom. The van der Waals surface area contributed by atoms with Crippen LogP contribution < -0.4 is 5.73 Å². The molecule has 1 saturated heterocycles. The Morgan fingerprint density at radius 2 is 2.19 bits per heavy atom. The van der Waals surface area contributed by atoms with Gasteiger partial charge in [-0.05, 0) is 24.1 Å². The second-order valence-electron chi connectivity index (χ2n) is 4.89. The molecule has 7 nitrogen and oxygen atoms in total. The predicted octanol–water partition coefficient (Wildman–Crippen LogP) is 1.22. The number of piperazine rings is 1. The van der Waals surface area contributed by atoms with Crippen molar-refractivity contribution in [3.8, 4) is 0 Å². The number of amides is 1. The molecule has 2 heterocycles. The first-order chi connectivity index (χ1) is 10.1. The lowest BCUT2D eigenvalue weighted by Gasteiger charge is -2.38. The molecule has 1 atom stereocenters. The summed E-state index contributed by atoms with van der Waals surface area (Å²) in [7, 11) is 0. The van der Waals surface area contributed by atoms with E-state index < -0.39 is 0 Å². The summed E-state index contributed by atoms with van der Waals surface area (Å²) in [5, 5.41) is 12.0. The first kappa shape index (κ1) is 15.7. The number of halogens is 1. The minimum Gasteiger partial charge on any atom is -0.452 e. The summed E-state index contributed by atoms with van der Waals surface area (Å²) in [5.41, 5.74) is 6.08. The summed E-state index contributed by atoms with van der Waals surface area (Å²) in [6, 6.07) is 1.47. The van der Waals surface area contributed by atoms with E-state index in [0.29, 0.717) is 31.7 Å². The molecule has 3 N–H and O–H groups in total. The third-order valence-electron chi connectivity index (χ3n) is 3.73. The van der Waals surface area contributed by atoms with Crippen molar-refractivity contribution in [3.05, 3.63) is 23.1 Å². The Morgan fingerprint density at radius 1 is 1.52 bits per heavy atom. The molecule has 1 unspecified atom stereocenters. The average Bonchev–Trinajstić information content (AvgIpc) is 2.94. The maximum atomic E-state index is 12.3. The van der Waals surface area contributed by atoms with Crippen LogP contribution in [0, 0.1) is 0 Å². The van der Waals surface area contributed by atoms with Crippen LogP contribution in [0.3, 0.4) is 0 Å². The van der Waals surface area contributed by atoms with Gasteiger partial charge in [0.2, 0.25) is 5.22 Å². The summed E-state index contributed by atoms with van der Waals surface area (Å²) < 4.78 is 4.95. The number of furan rings is 1. The standard InChI is InChI=1S/C13H19ClN4O3/c1-2-10(12(15)16-20)17-4-6-18(7-5-17)13(19)9-3-8-21-11(9)14/h3,8,10,20H,2,4-7H2,1H3,(H2,15,16). The molecule has 116 valence electrons. The van der Waals surface area contributed by atoms with Gasteiger partial charge in [0.05, 0.1) is 17.9 Å². The van der Waals surface area contributed by atoms with E-state index in [4.69, 9.17) is 27.0 Å². The van der Waals surface area contributed by atoms with Crippen molar-refractivity contribution < 1.29 is 14.4 Å². The van der Waals surface area contributed by atoms with Gasteiger partial charge >= 0.3 is 0 Å². The van der Waals surface area contributed by atoms with Crippen molar-refractivity contribution in [2.24, 2.45) is 10.9 Å². The second kappa shape index (κ2) is 6.82. The molecule has 0 bridgehead atoms. The number of hydrogen-bond acceptors (Lipinski definition) is 5. The van der Waals surface area contributed by atoms with Gasteiger partial charge in [-0.25, -0.2) is 0 Å². The van der Waals surface area contributed by atoms with Crippen molar-refractivity contribution in [3.63, 3.8) is 0 Å². The van der Waals surface area contributed by atoms with E-state index in [1.807, 2.05) is 6.92 Å². The van der Waals surface area contributed by atoms with Gasteiger partial charge in [0.15, 0.2) is 5.84 Å². The van der Waals surface area contributed by atoms with E-state index in [-0.39, 0.29) is 23.0 Å². The van der Waals surface area contributed by atoms with Crippen molar-refractivity contribution in [2.45, 2.75) is 19.4 Å². The highest BCUT2D eigenvalue weighted by Crippen LogP contribution is 2.20. The monoisotopic (exact) mass is 314 g/mol. The molecule has 1 aromatic heterocycles. The van der Waals surface area contributed by atoms with Crippen LogP contribution in [0.2, 0.25) is 5.22 Å². The molecule has 21 heavy (non-hydrogen) atoms. The average molecular weight is 315 g/mol. The van der Waals surface area contributed by atoms with Gasteiger partial charge in [-0.15, -0.1) is 0 Å². The predicted molar refractivity (Wildman–Crippen MR) is 78.7 cm³/mol. The van der Waals surface area contributed by atoms with Gasteiger partial charge < -0.3 is 20.3 Å². The summed E-state index contributed by atoms with van der Waals surface area (Å²) >= 11 is 5.83. The van der Waals surface area contributed by atoms with Crippen molar-refractivity contribution in [2.75, 3.05) is 26.2 Å². The van der Waals surface area contributed by atoms with Gasteiger partial charge in [-0.3, -0.25) is 9.69 Å². The lowest BCUT2D eigenvalue weighted by molar-refractivity contribution is 0.0608. The molecule has 1 aliphatic rings. The van der Waals surface area contributed by atoms with Crippen LogP contribution in [0.1, 0.15) is 23.7 Å². The molecule has 0 aliphatic carbocycles. The Kier molecular flexibility index (Phi) is 5.08. The zero-order valence-electron chi connectivity index (χ0n) is 11.8. The number of carbonyl (C=O) groups excluding carboxylic acids is 1. The van der Waals surface area contributed by atoms with Crippen molar-refractivity contribution in [1.29, 1.82) is 0 Å². The van der Waals surface area contributed by atoms with E-state index in [0.717, 1.165) is 6.42 Å². The number of nitrogens with two attached hydrogens (primary N) is 1. The Hall–Kier alpha value is -1.73. The van der Waals surface area contributed by atoms with Crippen LogP contribution in [0.15, 0.2) is 21.9 Å². The Bertz CT molecular complexity index is 523. The fraction of sp³-hybridized carbons (Fsp3) is 0.538. The summed E-state index contributed by atoms with van der Waals surface area (Å²) in [4.78, 5) is 16.1. The number of nitrogens with zero attached hydrogens (tertiary/aromatic N) is 3. The molecule has 0 saturated carbocycles. The van der Waals surface area contributed by atoms with Crippen LogP contribution in [0.5, 0.6) is 0 Å². The van der Waals surface area contributed by atoms with Crippen molar-refractivity contribution in [1.82, 2.24) is 9.80 Å². The first-order valence-corrected chi connectivity index (χ1v) is 7.20. The maximum absolute atomic E-state index is 12.3. The van der Waals surface area contributed by atoms with E-state index in [1.54, 1.807) is 11.0 Å². The van der Waals surface area contributed by atoms with Crippen LogP contribution in [-0.2, 0) is 0 Å². The van der Waals surface area contributed by atoms with Crippen LogP contribution >= 0.6 is 11.6 Å². The number of oxime groups is 1. The fourth-order valence-corrected chi connectivity index (χ4v) is 2.77. The van der Waals surface area contributed by atoms with E-state index in [2.05, 4.69) is 10.1 Å². The number of amidine groups is 1. The second-order valence-corrected chi connectivity index (χ2v) is 5.23. The molecule has 1 fully saturated rings. The number of hydrogen-bond donors (Lipinski definition) is 2. The van der Waals surface area contributed by atoms with Gasteiger partial charge in [-0.1, -0.05) is 12.1 Å². The molecule has 0 radical (unpaired) electrons. The Balaban J connectivity index is 1.97. The quantitative estimate of drug-likeness (QED) is 0.377. The van der Waals surface area contributed by atoms with Gasteiger partial charge in [0, 0.05) is 26.2 Å². The highest BCUT2D eigenvalue weighted by atomic mass is 35.5. The lowest BCUT2D eigenvalue weighted by Crippen LogP contribution is -2.55. The molecule has 0 aromatic carbocycles. The van der Waals surface area contributed by atoms with Crippen LogP contribution in [0.4, 0.5) is 0 Å². The first-order valence-electron chi connectivity index (χ1n) is 6.82. The normalized spacial score (nSPS) is 18.8. The van der Waals surface area contributed by atoms with Gasteiger partial charge in [0.25, 0.3) is 5.91 Å². The minimum atomic E-state index is -0.134. The van der Waals surface area contributed by atoms with Crippen molar-refractivity contribution >= 4 is 23.3 Å². The molecular weight excluding hydrogens is 296 g/mol. The molecule has 0 spiro atoms. The zero-order chi connectivity index (χ0) is 15.4. The SMILES string of the molecule is CCC(/C(N)=N/O)N1CCN(C(=O)c2ccoc2Cl)CC1. The summed E-state index contributed by atoms with van der Waals surface area (Å²) in [6.45, 7) is 4.43. The third-order valence-corrected chi connectivity index (χ3v) is 4.03. The third kappa shape index (κ3) is 3.30. The Labute approximate surface area is 127 Å². The van der Waals surface area contributed by atoms with Crippen LogP contribution in [0.25, 0.3) is 0 Å². The molecule has 1 aliphatic heterocycles. The zero-order valence-corrected chi connectivity index (χ0v) is 12.6. The van der Waals surface area contributed by atoms with Gasteiger partial charge in [0.1, 0.15) is 0 Å². The molecule has 8 heteroatoms. The van der Waals surface area contributed by atoms with E-state index in [1.165, 1.54) is 6.26 Å². The van der Waals surface area contributed by atoms with Crippen LogP contribution in [-0.4, -0.2) is 59.0 Å². The topological polar surface area (TPSA) is 95.3 Å². The minimum absolute atomic E-state index is 0.107. The molecule has 2 rings (SSSR count). The number of rotatable bonds is 4. The molecular formula is C13H19ClN4O3. The summed E-state index contributed by atoms with van der Waals surface area (Å²) in [5.74, 6) is 0.0698. The largest absolute Gasteiger partial charge is 0.452 e. The number of carbonyl (C=O) groups is 1.